The Morgan fingerprint density at radius 3 is 1.77 bits per heavy atom. The molecule has 1 aromatic heterocycles. The number of hydrogen-bond donors (Lipinski definition) is 4. The molecule has 0 fully saturated rings. The molecular weight excluding hydrogens is 588 g/mol. The highest BCUT2D eigenvalue weighted by atomic mass is 19.4. The lowest BCUT2D eigenvalue weighted by atomic mass is 10.0. The third kappa shape index (κ3) is 14.3. The van der Waals surface area contributed by atoms with Crippen molar-refractivity contribution < 1.29 is 50.9 Å². The summed E-state index contributed by atoms with van der Waals surface area (Å²) in [6.07, 6.45) is -6.01. The molecule has 0 unspecified atom stereocenters. The summed E-state index contributed by atoms with van der Waals surface area (Å²) >= 11 is 0. The maximum atomic E-state index is 13.1. The van der Waals surface area contributed by atoms with Crippen molar-refractivity contribution in [1.29, 1.82) is 0 Å². The number of aromatic nitrogens is 2. The van der Waals surface area contributed by atoms with Gasteiger partial charge in [-0.2, -0.15) is 31.4 Å². The molecule has 0 saturated heterocycles. The van der Waals surface area contributed by atoms with Gasteiger partial charge in [0.1, 0.15) is 0 Å². The van der Waals surface area contributed by atoms with Crippen LogP contribution in [0.3, 0.4) is 0 Å². The highest BCUT2D eigenvalue weighted by Gasteiger charge is 2.38. The van der Waals surface area contributed by atoms with Crippen LogP contribution in [0.1, 0.15) is 11.1 Å². The van der Waals surface area contributed by atoms with Gasteiger partial charge in [0.05, 0.1) is 12.2 Å². The van der Waals surface area contributed by atoms with E-state index in [4.69, 9.17) is 25.5 Å². The van der Waals surface area contributed by atoms with E-state index >= 15 is 0 Å². The molecule has 2 aromatic carbocycles. The molecule has 16 heteroatoms. The molecule has 1 heterocycles. The lowest BCUT2D eigenvalue weighted by molar-refractivity contribution is -0.193. The number of amides is 1. The second kappa shape index (κ2) is 16.9. The molecule has 0 saturated carbocycles. The largest absolute Gasteiger partial charge is 0.490 e. The summed E-state index contributed by atoms with van der Waals surface area (Å²) in [5.41, 5.74) is 10.6. The summed E-state index contributed by atoms with van der Waals surface area (Å²) in [5, 5.41) is 21.0. The average molecular weight is 620 g/mol. The number of likely N-dealkylation sites (N-methyl/N-ethyl adjacent to an activating group) is 1. The zero-order valence-electron chi connectivity index (χ0n) is 23.1. The van der Waals surface area contributed by atoms with Crippen molar-refractivity contribution in [3.8, 4) is 11.1 Å². The Bertz CT molecular complexity index is 1240. The van der Waals surface area contributed by atoms with E-state index in [1.165, 1.54) is 0 Å². The number of benzene rings is 2. The molecule has 0 aliphatic heterocycles. The lowest BCUT2D eigenvalue weighted by Gasteiger charge is -2.27. The molecule has 43 heavy (non-hydrogen) atoms. The predicted molar refractivity (Wildman–Crippen MR) is 143 cm³/mol. The van der Waals surface area contributed by atoms with Crippen LogP contribution < -0.4 is 5.73 Å². The van der Waals surface area contributed by atoms with E-state index in [1.54, 1.807) is 6.20 Å². The maximum absolute atomic E-state index is 13.1. The number of carbonyl (C=O) groups is 3. The minimum atomic E-state index is -5.08. The zero-order valence-corrected chi connectivity index (χ0v) is 23.1. The summed E-state index contributed by atoms with van der Waals surface area (Å²) in [7, 11) is 4.01. The molecular formula is C27H31F6N5O5. The Morgan fingerprint density at radius 1 is 0.837 bits per heavy atom. The van der Waals surface area contributed by atoms with Crippen molar-refractivity contribution in [3.05, 3.63) is 78.1 Å². The summed E-state index contributed by atoms with van der Waals surface area (Å²) in [6, 6.07) is 17.6. The van der Waals surface area contributed by atoms with Crippen LogP contribution in [0.25, 0.3) is 11.1 Å². The molecule has 1 atom stereocenters. The molecule has 0 spiro atoms. The lowest BCUT2D eigenvalue weighted by Crippen LogP contribution is -2.46. The minimum Gasteiger partial charge on any atom is -0.475 e. The Kier molecular flexibility index (Phi) is 14.3. The quantitative estimate of drug-likeness (QED) is 0.264. The monoisotopic (exact) mass is 619 g/mol. The molecule has 0 radical (unpaired) electrons. The standard InChI is InChI=1S/C23H29N5O.2C2HF3O2/c1-27(2)12-13-28(17-19-6-4-3-5-7-19)23(29)22(24)14-18-8-10-20(11-9-18)21-15-25-26-16-21;2*3-2(4,5)1(6)7/h3-11,15-16,22H,12-14,17,24H2,1-2H3,(H,25,26);2*(H,6,7)/t22-;;/m0../s1. The molecule has 5 N–H and O–H groups in total. The van der Waals surface area contributed by atoms with Gasteiger partial charge in [-0.05, 0) is 37.2 Å². The first kappa shape index (κ1) is 36.6. The minimum absolute atomic E-state index is 0.0189. The topological polar surface area (TPSA) is 153 Å². The third-order valence-corrected chi connectivity index (χ3v) is 5.39. The number of carboxylic acids is 2. The van der Waals surface area contributed by atoms with Crippen molar-refractivity contribution in [2.75, 3.05) is 27.2 Å². The van der Waals surface area contributed by atoms with Crippen molar-refractivity contribution in [3.63, 3.8) is 0 Å². The number of carbonyl (C=O) groups excluding carboxylic acids is 1. The van der Waals surface area contributed by atoms with E-state index in [1.807, 2.05) is 79.8 Å². The molecule has 0 aliphatic carbocycles. The third-order valence-electron chi connectivity index (χ3n) is 5.39. The first-order chi connectivity index (χ1) is 19.9. The first-order valence-electron chi connectivity index (χ1n) is 12.3. The van der Waals surface area contributed by atoms with Crippen molar-refractivity contribution >= 4 is 17.8 Å². The molecule has 3 rings (SSSR count). The number of nitrogens with two attached hydrogens (primary N) is 1. The van der Waals surface area contributed by atoms with Gasteiger partial charge in [-0.25, -0.2) is 9.59 Å². The van der Waals surface area contributed by atoms with E-state index < -0.39 is 30.3 Å². The second-order valence-electron chi connectivity index (χ2n) is 9.15. The van der Waals surface area contributed by atoms with Crippen LogP contribution in [0.5, 0.6) is 0 Å². The number of H-pyrrole nitrogens is 1. The van der Waals surface area contributed by atoms with Gasteiger partial charge in [0.2, 0.25) is 5.91 Å². The highest BCUT2D eigenvalue weighted by Crippen LogP contribution is 2.19. The van der Waals surface area contributed by atoms with E-state index in [9.17, 15) is 31.1 Å². The number of carboxylic acid groups (broad SMARTS) is 2. The number of nitrogens with one attached hydrogen (secondary N) is 1. The van der Waals surface area contributed by atoms with Crippen LogP contribution in [-0.4, -0.2) is 93.6 Å². The van der Waals surface area contributed by atoms with Crippen molar-refractivity contribution in [2.24, 2.45) is 5.73 Å². The summed E-state index contributed by atoms with van der Waals surface area (Å²) in [5.74, 6) is -5.53. The predicted octanol–water partition coefficient (Wildman–Crippen LogP) is 3.80. The van der Waals surface area contributed by atoms with Gasteiger partial charge < -0.3 is 25.7 Å². The normalized spacial score (nSPS) is 11.9. The van der Waals surface area contributed by atoms with Crippen LogP contribution in [0.15, 0.2) is 67.0 Å². The molecule has 10 nitrogen and oxygen atoms in total. The van der Waals surface area contributed by atoms with Crippen LogP contribution in [-0.2, 0) is 27.3 Å². The summed E-state index contributed by atoms with van der Waals surface area (Å²) in [4.78, 5) is 34.8. The zero-order chi connectivity index (χ0) is 32.8. The van der Waals surface area contributed by atoms with Crippen LogP contribution in [0, 0.1) is 0 Å². The smallest absolute Gasteiger partial charge is 0.475 e. The molecule has 236 valence electrons. The summed E-state index contributed by atoms with van der Waals surface area (Å²) in [6.45, 7) is 2.01. The van der Waals surface area contributed by atoms with Gasteiger partial charge in [0.15, 0.2) is 0 Å². The summed E-state index contributed by atoms with van der Waals surface area (Å²) < 4.78 is 63.5. The van der Waals surface area contributed by atoms with Gasteiger partial charge in [-0.3, -0.25) is 9.89 Å². The highest BCUT2D eigenvalue weighted by molar-refractivity contribution is 5.82. The molecule has 0 aliphatic rings. The van der Waals surface area contributed by atoms with E-state index in [0.29, 0.717) is 19.5 Å². The Balaban J connectivity index is 0.000000548. The fourth-order valence-corrected chi connectivity index (χ4v) is 3.21. The van der Waals surface area contributed by atoms with Gasteiger partial charge in [-0.15, -0.1) is 0 Å². The number of nitrogens with zero attached hydrogens (tertiary/aromatic N) is 3. The Labute approximate surface area is 242 Å². The number of alkyl halides is 6. The number of rotatable bonds is 9. The van der Waals surface area contributed by atoms with E-state index in [-0.39, 0.29) is 5.91 Å². The number of hydrogen-bond acceptors (Lipinski definition) is 6. The molecule has 0 bridgehead atoms. The van der Waals surface area contributed by atoms with Crippen molar-refractivity contribution in [1.82, 2.24) is 20.0 Å². The maximum Gasteiger partial charge on any atom is 0.490 e. The number of aromatic amines is 1. The second-order valence-corrected chi connectivity index (χ2v) is 9.15. The van der Waals surface area contributed by atoms with Crippen LogP contribution in [0.4, 0.5) is 26.3 Å². The van der Waals surface area contributed by atoms with Gasteiger partial charge >= 0.3 is 24.3 Å². The average Bonchev–Trinajstić information content (AvgIpc) is 3.46. The number of aliphatic carboxylic acids is 2. The van der Waals surface area contributed by atoms with Crippen LogP contribution >= 0.6 is 0 Å². The Hall–Kier alpha value is -4.44. The van der Waals surface area contributed by atoms with Gasteiger partial charge in [0.25, 0.3) is 0 Å². The SMILES string of the molecule is CN(C)CCN(Cc1ccccc1)C(=O)[C@@H](N)Cc1ccc(-c2cn[nH]c2)cc1.O=C(O)C(F)(F)F.O=C(O)C(F)(F)F. The fourth-order valence-electron chi connectivity index (χ4n) is 3.21. The molecule has 3 aromatic rings. The van der Waals surface area contributed by atoms with E-state index in [0.717, 1.165) is 28.8 Å². The van der Waals surface area contributed by atoms with Crippen LogP contribution in [0.2, 0.25) is 0 Å². The fraction of sp³-hybridized carbons (Fsp3) is 0.333. The van der Waals surface area contributed by atoms with E-state index in [2.05, 4.69) is 15.1 Å². The Morgan fingerprint density at radius 2 is 1.35 bits per heavy atom. The van der Waals surface area contributed by atoms with Gasteiger partial charge in [0, 0.05) is 31.4 Å². The molecule has 1 amide bonds. The first-order valence-corrected chi connectivity index (χ1v) is 12.3. The van der Waals surface area contributed by atoms with Gasteiger partial charge in [-0.1, -0.05) is 54.6 Å². The van der Waals surface area contributed by atoms with Crippen molar-refractivity contribution in [2.45, 2.75) is 31.4 Å². The number of halogens is 6.